The highest BCUT2D eigenvalue weighted by Gasteiger charge is 2.40. The third-order valence-electron chi connectivity index (χ3n) is 5.53. The molecule has 1 amide bonds. The van der Waals surface area contributed by atoms with Crippen molar-refractivity contribution in [3.8, 4) is 5.75 Å². The Kier molecular flexibility index (Phi) is 4.88. The molecule has 1 aliphatic heterocycles. The van der Waals surface area contributed by atoms with E-state index in [9.17, 15) is 4.79 Å². The van der Waals surface area contributed by atoms with E-state index in [2.05, 4.69) is 41.0 Å². The highest BCUT2D eigenvalue weighted by molar-refractivity contribution is 6.00. The number of amides is 1. The number of hydrogen-bond donors (Lipinski definition) is 2. The zero-order valence-corrected chi connectivity index (χ0v) is 15.9. The average molecular weight is 362 g/mol. The summed E-state index contributed by atoms with van der Waals surface area (Å²) in [4.78, 5) is 12.6. The maximum absolute atomic E-state index is 12.6. The van der Waals surface area contributed by atoms with Gasteiger partial charge >= 0.3 is 0 Å². The summed E-state index contributed by atoms with van der Waals surface area (Å²) in [5, 5.41) is 6.65. The van der Waals surface area contributed by atoms with Crippen molar-refractivity contribution < 1.29 is 9.53 Å². The van der Waals surface area contributed by atoms with Crippen LogP contribution < -0.4 is 15.4 Å². The lowest BCUT2D eigenvalue weighted by molar-refractivity contribution is 0.0956. The molecule has 2 N–H and O–H groups in total. The lowest BCUT2D eigenvalue weighted by Gasteiger charge is -2.38. The standard InChI is InChI=1S/C23H26N2O2/c1-3-24-23(26)19-13-8-12-17-15-10-7-11-16(15)21(25-22(17)19)18-9-5-6-14-20(18)27-4-2/h5-10,12-16,21,25H,3-4,11H2,1-2H3,(H,24,26). The number of carbonyl (C=O) groups is 1. The summed E-state index contributed by atoms with van der Waals surface area (Å²) < 4.78 is 5.90. The first-order chi connectivity index (χ1) is 13.2. The number of benzene rings is 2. The summed E-state index contributed by atoms with van der Waals surface area (Å²) in [5.41, 5.74) is 4.04. The molecule has 1 aliphatic carbocycles. The van der Waals surface area contributed by atoms with E-state index in [1.807, 2.05) is 38.1 Å². The molecular formula is C23H26N2O2. The highest BCUT2D eigenvalue weighted by atomic mass is 16.5. The van der Waals surface area contributed by atoms with Gasteiger partial charge in [-0.15, -0.1) is 0 Å². The first kappa shape index (κ1) is 17.7. The predicted octanol–water partition coefficient (Wildman–Crippen LogP) is 4.66. The second kappa shape index (κ2) is 7.47. The largest absolute Gasteiger partial charge is 0.494 e. The molecule has 0 spiro atoms. The van der Waals surface area contributed by atoms with Gasteiger partial charge in [0.1, 0.15) is 5.75 Å². The molecule has 0 saturated carbocycles. The number of anilines is 1. The molecule has 4 rings (SSSR count). The number of hydrogen-bond acceptors (Lipinski definition) is 3. The van der Waals surface area contributed by atoms with Crippen LogP contribution in [-0.2, 0) is 0 Å². The molecule has 0 bridgehead atoms. The molecule has 4 nitrogen and oxygen atoms in total. The van der Waals surface area contributed by atoms with Gasteiger partial charge in [0.15, 0.2) is 0 Å². The molecule has 140 valence electrons. The second-order valence-corrected chi connectivity index (χ2v) is 7.08. The summed E-state index contributed by atoms with van der Waals surface area (Å²) in [7, 11) is 0. The Morgan fingerprint density at radius 3 is 2.78 bits per heavy atom. The van der Waals surface area contributed by atoms with Crippen molar-refractivity contribution in [3.05, 3.63) is 71.3 Å². The lowest BCUT2D eigenvalue weighted by atomic mass is 9.76. The van der Waals surface area contributed by atoms with E-state index in [4.69, 9.17) is 4.74 Å². The number of fused-ring (bicyclic) bond motifs is 3. The number of carbonyl (C=O) groups excluding carboxylic acids is 1. The third-order valence-corrected chi connectivity index (χ3v) is 5.53. The van der Waals surface area contributed by atoms with E-state index in [-0.39, 0.29) is 11.9 Å². The number of rotatable bonds is 5. The smallest absolute Gasteiger partial charge is 0.253 e. The number of ether oxygens (including phenoxy) is 1. The van der Waals surface area contributed by atoms with Crippen molar-refractivity contribution in [2.45, 2.75) is 32.2 Å². The maximum Gasteiger partial charge on any atom is 0.253 e. The molecule has 2 aliphatic rings. The van der Waals surface area contributed by atoms with Crippen LogP contribution in [0.2, 0.25) is 0 Å². The van der Waals surface area contributed by atoms with E-state index in [1.54, 1.807) is 0 Å². The molecule has 4 heteroatoms. The van der Waals surface area contributed by atoms with E-state index in [0.29, 0.717) is 30.6 Å². The van der Waals surface area contributed by atoms with Gasteiger partial charge in [0.25, 0.3) is 5.91 Å². The van der Waals surface area contributed by atoms with Gasteiger partial charge in [0.05, 0.1) is 23.9 Å². The van der Waals surface area contributed by atoms with Crippen LogP contribution in [0.1, 0.15) is 53.7 Å². The Balaban J connectivity index is 1.80. The normalized spacial score (nSPS) is 22.5. The summed E-state index contributed by atoms with van der Waals surface area (Å²) in [5.74, 6) is 1.63. The summed E-state index contributed by atoms with van der Waals surface area (Å²) in [6, 6.07) is 14.4. The molecule has 3 atom stereocenters. The van der Waals surface area contributed by atoms with Gasteiger partial charge < -0.3 is 15.4 Å². The van der Waals surface area contributed by atoms with E-state index in [0.717, 1.165) is 23.4 Å². The molecular weight excluding hydrogens is 336 g/mol. The minimum Gasteiger partial charge on any atom is -0.494 e. The molecule has 2 aromatic rings. The maximum atomic E-state index is 12.6. The van der Waals surface area contributed by atoms with Crippen LogP contribution in [0.4, 0.5) is 5.69 Å². The first-order valence-electron chi connectivity index (χ1n) is 9.80. The Bertz CT molecular complexity index is 874. The van der Waals surface area contributed by atoms with Gasteiger partial charge in [-0.2, -0.15) is 0 Å². The van der Waals surface area contributed by atoms with Gasteiger partial charge in [0, 0.05) is 18.0 Å². The molecule has 3 unspecified atom stereocenters. The zero-order chi connectivity index (χ0) is 18.8. The minimum absolute atomic E-state index is 0.0286. The second-order valence-electron chi connectivity index (χ2n) is 7.08. The summed E-state index contributed by atoms with van der Waals surface area (Å²) in [6.45, 7) is 5.20. The van der Waals surface area contributed by atoms with Crippen molar-refractivity contribution in [2.24, 2.45) is 5.92 Å². The van der Waals surface area contributed by atoms with E-state index in [1.165, 1.54) is 5.56 Å². The fourth-order valence-corrected chi connectivity index (χ4v) is 4.40. The Labute approximate surface area is 160 Å². The fraction of sp³-hybridized carbons (Fsp3) is 0.348. The highest BCUT2D eigenvalue weighted by Crippen LogP contribution is 2.51. The van der Waals surface area contributed by atoms with Crippen LogP contribution in [0, 0.1) is 5.92 Å². The van der Waals surface area contributed by atoms with Crippen molar-refractivity contribution >= 4 is 11.6 Å². The molecule has 1 heterocycles. The lowest BCUT2D eigenvalue weighted by Crippen LogP contribution is -2.32. The van der Waals surface area contributed by atoms with Crippen LogP contribution in [0.25, 0.3) is 0 Å². The molecule has 0 radical (unpaired) electrons. The van der Waals surface area contributed by atoms with Gasteiger partial charge in [-0.25, -0.2) is 0 Å². The Morgan fingerprint density at radius 2 is 1.96 bits per heavy atom. The van der Waals surface area contributed by atoms with Crippen molar-refractivity contribution in [3.63, 3.8) is 0 Å². The molecule has 0 saturated heterocycles. The Hall–Kier alpha value is -2.75. The Morgan fingerprint density at radius 1 is 1.15 bits per heavy atom. The monoisotopic (exact) mass is 362 g/mol. The molecule has 0 aromatic heterocycles. The van der Waals surface area contributed by atoms with Gasteiger partial charge in [-0.1, -0.05) is 42.5 Å². The van der Waals surface area contributed by atoms with Gasteiger partial charge in [-0.3, -0.25) is 4.79 Å². The van der Waals surface area contributed by atoms with E-state index >= 15 is 0 Å². The first-order valence-corrected chi connectivity index (χ1v) is 9.80. The van der Waals surface area contributed by atoms with Gasteiger partial charge in [-0.05, 0) is 43.9 Å². The average Bonchev–Trinajstić information content (AvgIpc) is 3.18. The van der Waals surface area contributed by atoms with Crippen LogP contribution in [0.15, 0.2) is 54.6 Å². The minimum atomic E-state index is -0.0286. The topological polar surface area (TPSA) is 50.4 Å². The summed E-state index contributed by atoms with van der Waals surface area (Å²) in [6.07, 6.45) is 5.58. The van der Waals surface area contributed by atoms with Crippen LogP contribution in [-0.4, -0.2) is 19.1 Å². The third kappa shape index (κ3) is 3.09. The molecule has 2 aromatic carbocycles. The number of nitrogens with one attached hydrogen (secondary N) is 2. The van der Waals surface area contributed by atoms with Crippen molar-refractivity contribution in [1.82, 2.24) is 5.32 Å². The summed E-state index contributed by atoms with van der Waals surface area (Å²) >= 11 is 0. The van der Waals surface area contributed by atoms with Crippen LogP contribution in [0.3, 0.4) is 0 Å². The SMILES string of the molecule is CCNC(=O)c1cccc2c1NC(c1ccccc1OCC)C1CC=CC21. The van der Waals surface area contributed by atoms with Crippen molar-refractivity contribution in [2.75, 3.05) is 18.5 Å². The zero-order valence-electron chi connectivity index (χ0n) is 15.9. The number of allylic oxidation sites excluding steroid dienone is 2. The quantitative estimate of drug-likeness (QED) is 0.761. The van der Waals surface area contributed by atoms with Gasteiger partial charge in [0.2, 0.25) is 0 Å². The van der Waals surface area contributed by atoms with Crippen molar-refractivity contribution in [1.29, 1.82) is 0 Å². The fourth-order valence-electron chi connectivity index (χ4n) is 4.40. The van der Waals surface area contributed by atoms with Crippen LogP contribution >= 0.6 is 0 Å². The van der Waals surface area contributed by atoms with Crippen LogP contribution in [0.5, 0.6) is 5.75 Å². The van der Waals surface area contributed by atoms with E-state index < -0.39 is 0 Å². The molecule has 0 fully saturated rings. The predicted molar refractivity (Wildman–Crippen MR) is 108 cm³/mol. The molecule has 27 heavy (non-hydrogen) atoms. The number of para-hydroxylation sites is 2.